The Morgan fingerprint density at radius 1 is 1.19 bits per heavy atom. The first-order valence-corrected chi connectivity index (χ1v) is 12.8. The zero-order valence-corrected chi connectivity index (χ0v) is 22.3. The lowest BCUT2D eigenvalue weighted by atomic mass is 10.0. The molecule has 11 heteroatoms. The van der Waals surface area contributed by atoms with E-state index in [-0.39, 0.29) is 23.5 Å². The van der Waals surface area contributed by atoms with Crippen molar-refractivity contribution in [1.29, 1.82) is 0 Å². The number of hydrogen-bond acceptors (Lipinski definition) is 9. The number of nitrogens with one attached hydrogen (secondary N) is 1. The number of methoxy groups -OCH3 is 1. The zero-order chi connectivity index (χ0) is 26.5. The second kappa shape index (κ2) is 9.38. The quantitative estimate of drug-likeness (QED) is 0.534. The van der Waals surface area contributed by atoms with E-state index in [1.54, 1.807) is 27.0 Å². The number of imide groups is 1. The molecule has 1 aromatic carbocycles. The third kappa shape index (κ3) is 4.42. The molecular weight excluding hydrogens is 495 g/mol. The normalized spacial score (nSPS) is 17.2. The van der Waals surface area contributed by atoms with Gasteiger partial charge in [0.2, 0.25) is 11.9 Å². The number of fused-ring (bicyclic) bond motifs is 1. The maximum Gasteiger partial charge on any atom is 0.262 e. The van der Waals surface area contributed by atoms with Crippen LogP contribution < -0.4 is 15.0 Å². The van der Waals surface area contributed by atoms with Gasteiger partial charge in [0.05, 0.1) is 35.0 Å². The van der Waals surface area contributed by atoms with Crippen LogP contribution >= 0.6 is 11.3 Å². The summed E-state index contributed by atoms with van der Waals surface area (Å²) in [7, 11) is 3.70. The molecule has 0 aliphatic carbocycles. The van der Waals surface area contributed by atoms with Crippen molar-refractivity contribution in [3.8, 4) is 16.3 Å². The Balaban J connectivity index is 1.46. The molecule has 0 saturated carbocycles. The number of benzene rings is 1. The summed E-state index contributed by atoms with van der Waals surface area (Å²) in [6, 6.07) is 7.49. The van der Waals surface area contributed by atoms with Gasteiger partial charge >= 0.3 is 0 Å². The largest absolute Gasteiger partial charge is 0.495 e. The molecule has 0 bridgehead atoms. The third-order valence-corrected chi connectivity index (χ3v) is 8.33. The van der Waals surface area contributed by atoms with Gasteiger partial charge in [-0.25, -0.2) is 14.4 Å². The number of rotatable bonds is 5. The number of ether oxygens (including phenoxy) is 1. The smallest absolute Gasteiger partial charge is 0.262 e. The molecule has 9 nitrogen and oxygen atoms in total. The number of thiophene rings is 1. The van der Waals surface area contributed by atoms with Crippen LogP contribution in [0.15, 0.2) is 30.5 Å². The first-order valence-electron chi connectivity index (χ1n) is 12.0. The standard InChI is InChI=1S/C26H29FN6O3S/c1-15(34)33-24(35)17-13-21(37-23(17)26(33,2)3)22-18(27)14-28-25(30-22)29-19-12-16(6-7-20(19)36-5)32-10-8-31(4)9-11-32/h6-7,12-14H,8-11H2,1-5H3,(H,28,29,30). The molecule has 0 spiro atoms. The van der Waals surface area contributed by atoms with Crippen molar-refractivity contribution in [2.45, 2.75) is 26.3 Å². The molecule has 0 atom stereocenters. The fraction of sp³-hybridized carbons (Fsp3) is 0.385. The minimum atomic E-state index is -0.817. The van der Waals surface area contributed by atoms with Crippen molar-refractivity contribution in [3.63, 3.8) is 0 Å². The molecule has 1 saturated heterocycles. The third-order valence-electron chi connectivity index (χ3n) is 6.87. The highest BCUT2D eigenvalue weighted by Gasteiger charge is 2.47. The summed E-state index contributed by atoms with van der Waals surface area (Å²) in [6.45, 7) is 8.77. The van der Waals surface area contributed by atoms with Gasteiger partial charge in [-0.2, -0.15) is 0 Å². The van der Waals surface area contributed by atoms with Gasteiger partial charge in [-0.3, -0.25) is 14.5 Å². The average molecular weight is 525 g/mol. The predicted molar refractivity (Wildman–Crippen MR) is 141 cm³/mol. The maximum atomic E-state index is 14.9. The summed E-state index contributed by atoms with van der Waals surface area (Å²) in [5.41, 5.74) is 1.38. The summed E-state index contributed by atoms with van der Waals surface area (Å²) in [6.07, 6.45) is 1.11. The van der Waals surface area contributed by atoms with E-state index in [4.69, 9.17) is 4.74 Å². The second-order valence-corrected chi connectivity index (χ2v) is 10.8. The van der Waals surface area contributed by atoms with E-state index in [0.29, 0.717) is 26.8 Å². The Morgan fingerprint density at radius 2 is 1.92 bits per heavy atom. The van der Waals surface area contributed by atoms with E-state index in [0.717, 1.165) is 38.1 Å². The van der Waals surface area contributed by atoms with Gasteiger partial charge in [0, 0.05) is 43.7 Å². The molecule has 2 aliphatic heterocycles. The molecule has 37 heavy (non-hydrogen) atoms. The van der Waals surface area contributed by atoms with Gasteiger partial charge in [-0.15, -0.1) is 11.3 Å². The summed E-state index contributed by atoms with van der Waals surface area (Å²) in [5, 5.41) is 3.18. The molecule has 4 heterocycles. The number of likely N-dealkylation sites (N-methyl/N-ethyl adjacent to an activating group) is 1. The van der Waals surface area contributed by atoms with Crippen LogP contribution in [0.1, 0.15) is 36.0 Å². The molecule has 0 radical (unpaired) electrons. The van der Waals surface area contributed by atoms with Gasteiger partial charge in [0.15, 0.2) is 5.82 Å². The van der Waals surface area contributed by atoms with Crippen LogP contribution in [0.4, 0.5) is 21.7 Å². The summed E-state index contributed by atoms with van der Waals surface area (Å²) in [4.78, 5) is 40.6. The van der Waals surface area contributed by atoms with E-state index in [1.165, 1.54) is 23.2 Å². The molecule has 1 fully saturated rings. The summed E-state index contributed by atoms with van der Waals surface area (Å²) >= 11 is 1.26. The van der Waals surface area contributed by atoms with E-state index < -0.39 is 11.4 Å². The number of nitrogens with zero attached hydrogens (tertiary/aromatic N) is 5. The Labute approximate surface area is 218 Å². The van der Waals surface area contributed by atoms with Crippen LogP contribution in [0.2, 0.25) is 0 Å². The number of piperazine rings is 1. The van der Waals surface area contributed by atoms with Crippen molar-refractivity contribution in [2.75, 3.05) is 50.6 Å². The van der Waals surface area contributed by atoms with Crippen LogP contribution in [0, 0.1) is 5.82 Å². The number of aromatic nitrogens is 2. The highest BCUT2D eigenvalue weighted by molar-refractivity contribution is 7.16. The molecule has 5 rings (SSSR count). The zero-order valence-electron chi connectivity index (χ0n) is 21.5. The monoisotopic (exact) mass is 524 g/mol. The van der Waals surface area contributed by atoms with Gasteiger partial charge < -0.3 is 19.9 Å². The topological polar surface area (TPSA) is 90.9 Å². The lowest BCUT2D eigenvalue weighted by molar-refractivity contribution is -0.130. The fourth-order valence-corrected chi connectivity index (χ4v) is 6.14. The number of halogens is 1. The first-order chi connectivity index (χ1) is 17.6. The van der Waals surface area contributed by atoms with Crippen molar-refractivity contribution in [1.82, 2.24) is 19.8 Å². The van der Waals surface area contributed by atoms with E-state index in [1.807, 2.05) is 18.2 Å². The number of hydrogen-bond donors (Lipinski definition) is 1. The highest BCUT2D eigenvalue weighted by Crippen LogP contribution is 2.46. The molecule has 194 valence electrons. The van der Waals surface area contributed by atoms with Crippen LogP contribution in [0.5, 0.6) is 5.75 Å². The predicted octanol–water partition coefficient (Wildman–Crippen LogP) is 4.09. The van der Waals surface area contributed by atoms with Crippen LogP contribution in [-0.4, -0.2) is 71.9 Å². The Kier molecular flexibility index (Phi) is 6.36. The number of carbonyl (C=O) groups excluding carboxylic acids is 2. The van der Waals surface area contributed by atoms with Gasteiger partial charge in [-0.05, 0) is 45.2 Å². The molecule has 2 aromatic heterocycles. The molecule has 2 aliphatic rings. The van der Waals surface area contributed by atoms with E-state index in [2.05, 4.69) is 32.1 Å². The highest BCUT2D eigenvalue weighted by atomic mass is 32.1. The maximum absolute atomic E-state index is 14.9. The van der Waals surface area contributed by atoms with Crippen LogP contribution in [0.3, 0.4) is 0 Å². The lowest BCUT2D eigenvalue weighted by Gasteiger charge is -2.34. The molecule has 1 N–H and O–H groups in total. The van der Waals surface area contributed by atoms with Gasteiger partial charge in [0.1, 0.15) is 11.4 Å². The van der Waals surface area contributed by atoms with Crippen LogP contribution in [0.25, 0.3) is 10.6 Å². The van der Waals surface area contributed by atoms with Crippen molar-refractivity contribution >= 4 is 40.5 Å². The number of amides is 2. The number of carbonyl (C=O) groups is 2. The van der Waals surface area contributed by atoms with Crippen LogP contribution in [-0.2, 0) is 10.3 Å². The fourth-order valence-electron chi connectivity index (χ4n) is 4.91. The summed E-state index contributed by atoms with van der Waals surface area (Å²) in [5.74, 6) is -0.494. The van der Waals surface area contributed by atoms with Crippen molar-refractivity contribution in [2.24, 2.45) is 0 Å². The Hall–Kier alpha value is -3.57. The molecular formula is C26H29FN6O3S. The number of anilines is 3. The van der Waals surface area contributed by atoms with Gasteiger partial charge in [-0.1, -0.05) is 0 Å². The molecule has 3 aromatic rings. The second-order valence-electron chi connectivity index (χ2n) is 9.76. The van der Waals surface area contributed by atoms with Crippen molar-refractivity contribution < 1.29 is 18.7 Å². The minimum Gasteiger partial charge on any atom is -0.495 e. The Bertz CT molecular complexity index is 1380. The Morgan fingerprint density at radius 3 is 2.57 bits per heavy atom. The summed E-state index contributed by atoms with van der Waals surface area (Å²) < 4.78 is 20.4. The first kappa shape index (κ1) is 25.1. The minimum absolute atomic E-state index is 0.0871. The molecule has 2 amide bonds. The van der Waals surface area contributed by atoms with Gasteiger partial charge in [0.25, 0.3) is 5.91 Å². The SMILES string of the molecule is COc1ccc(N2CCN(C)CC2)cc1Nc1ncc(F)c(-c2cc3c(s2)C(C)(C)N(C(C)=O)C3=O)n1. The average Bonchev–Trinajstić information content (AvgIpc) is 3.38. The van der Waals surface area contributed by atoms with E-state index in [9.17, 15) is 14.0 Å². The lowest BCUT2D eigenvalue weighted by Crippen LogP contribution is -2.44. The van der Waals surface area contributed by atoms with E-state index >= 15 is 0 Å². The van der Waals surface area contributed by atoms with Crippen molar-refractivity contribution in [3.05, 3.63) is 46.7 Å². The molecule has 0 unspecified atom stereocenters.